The zero-order valence-corrected chi connectivity index (χ0v) is 11.7. The van der Waals surface area contributed by atoms with Gasteiger partial charge in [0.25, 0.3) is 0 Å². The topological polar surface area (TPSA) is 21.3 Å². The fourth-order valence-corrected chi connectivity index (χ4v) is 3.47. The van der Waals surface area contributed by atoms with Gasteiger partial charge in [-0.1, -0.05) is 19.1 Å². The Morgan fingerprint density at radius 3 is 3.11 bits per heavy atom. The van der Waals surface area contributed by atoms with E-state index in [1.165, 1.54) is 0 Å². The fraction of sp³-hybridized carbons (Fsp3) is 0.571. The number of hydrogen-bond donors (Lipinski definition) is 1. The summed E-state index contributed by atoms with van der Waals surface area (Å²) in [6.07, 6.45) is 2.06. The van der Waals surface area contributed by atoms with Crippen LogP contribution in [0.5, 0.6) is 0 Å². The molecule has 2 rings (SSSR count). The lowest BCUT2D eigenvalue weighted by Gasteiger charge is -2.29. The highest BCUT2D eigenvalue weighted by Gasteiger charge is 2.24. The SMILES string of the molecule is CCC(COC)NC1CCSc2c(F)cccc21. The normalized spacial score (nSPS) is 20.5. The highest BCUT2D eigenvalue weighted by Crippen LogP contribution is 2.37. The van der Waals surface area contributed by atoms with Gasteiger partial charge in [0.15, 0.2) is 0 Å². The summed E-state index contributed by atoms with van der Waals surface area (Å²) in [6.45, 7) is 2.84. The van der Waals surface area contributed by atoms with Gasteiger partial charge in [-0.3, -0.25) is 0 Å². The van der Waals surface area contributed by atoms with Crippen molar-refractivity contribution in [1.29, 1.82) is 0 Å². The third kappa shape index (κ3) is 3.05. The van der Waals surface area contributed by atoms with E-state index < -0.39 is 0 Å². The summed E-state index contributed by atoms with van der Waals surface area (Å²) in [5, 5.41) is 3.58. The average Bonchev–Trinajstić information content (AvgIpc) is 2.39. The maximum Gasteiger partial charge on any atom is 0.137 e. The first-order valence-electron chi connectivity index (χ1n) is 6.42. The van der Waals surface area contributed by atoms with E-state index in [9.17, 15) is 4.39 Å². The molecule has 4 heteroatoms. The van der Waals surface area contributed by atoms with Crippen molar-refractivity contribution in [3.05, 3.63) is 29.6 Å². The van der Waals surface area contributed by atoms with Crippen molar-refractivity contribution in [1.82, 2.24) is 5.32 Å². The maximum absolute atomic E-state index is 13.7. The van der Waals surface area contributed by atoms with Crippen LogP contribution in [0.4, 0.5) is 4.39 Å². The molecular weight excluding hydrogens is 249 g/mol. The Kier molecular flexibility index (Phi) is 5.03. The summed E-state index contributed by atoms with van der Waals surface area (Å²) in [5.41, 5.74) is 1.10. The quantitative estimate of drug-likeness (QED) is 0.885. The predicted molar refractivity (Wildman–Crippen MR) is 73.6 cm³/mol. The Morgan fingerprint density at radius 2 is 2.39 bits per heavy atom. The van der Waals surface area contributed by atoms with Gasteiger partial charge in [0.1, 0.15) is 5.82 Å². The minimum Gasteiger partial charge on any atom is -0.383 e. The first kappa shape index (κ1) is 13.8. The van der Waals surface area contributed by atoms with Gasteiger partial charge in [0.2, 0.25) is 0 Å². The van der Waals surface area contributed by atoms with Crippen LogP contribution in [0.3, 0.4) is 0 Å². The Hall–Kier alpha value is -0.580. The molecular formula is C14H20FNOS. The number of hydrogen-bond acceptors (Lipinski definition) is 3. The van der Waals surface area contributed by atoms with E-state index in [2.05, 4.69) is 12.2 Å². The number of rotatable bonds is 5. The van der Waals surface area contributed by atoms with Crippen LogP contribution in [0.15, 0.2) is 23.1 Å². The Morgan fingerprint density at radius 1 is 1.56 bits per heavy atom. The highest BCUT2D eigenvalue weighted by molar-refractivity contribution is 7.99. The number of ether oxygens (including phenoxy) is 1. The number of methoxy groups -OCH3 is 1. The van der Waals surface area contributed by atoms with E-state index in [1.54, 1.807) is 31.0 Å². The first-order valence-corrected chi connectivity index (χ1v) is 7.41. The van der Waals surface area contributed by atoms with Crippen molar-refractivity contribution >= 4 is 11.8 Å². The minimum atomic E-state index is -0.0937. The third-order valence-electron chi connectivity index (χ3n) is 3.32. The van der Waals surface area contributed by atoms with Gasteiger partial charge in [0.05, 0.1) is 6.61 Å². The Bertz CT molecular complexity index is 399. The predicted octanol–water partition coefficient (Wildman–Crippen LogP) is 3.38. The third-order valence-corrected chi connectivity index (χ3v) is 4.48. The Balaban J connectivity index is 2.14. The molecule has 1 aliphatic heterocycles. The second-order valence-corrected chi connectivity index (χ2v) is 5.68. The summed E-state index contributed by atoms with van der Waals surface area (Å²) >= 11 is 1.62. The molecule has 0 aliphatic carbocycles. The van der Waals surface area contributed by atoms with Gasteiger partial charge in [0, 0.05) is 24.1 Å². The summed E-state index contributed by atoms with van der Waals surface area (Å²) in [6, 6.07) is 5.95. The summed E-state index contributed by atoms with van der Waals surface area (Å²) in [4.78, 5) is 0.813. The molecule has 100 valence electrons. The Labute approximate surface area is 112 Å². The number of thioether (sulfide) groups is 1. The molecule has 1 aromatic rings. The monoisotopic (exact) mass is 269 g/mol. The van der Waals surface area contributed by atoms with E-state index in [-0.39, 0.29) is 11.9 Å². The molecule has 0 fully saturated rings. The molecule has 1 aliphatic rings. The van der Waals surface area contributed by atoms with Crippen molar-refractivity contribution in [3.63, 3.8) is 0 Å². The average molecular weight is 269 g/mol. The second kappa shape index (κ2) is 6.55. The molecule has 2 nitrogen and oxygen atoms in total. The molecule has 0 saturated heterocycles. The summed E-state index contributed by atoms with van der Waals surface area (Å²) in [7, 11) is 1.72. The van der Waals surface area contributed by atoms with Gasteiger partial charge >= 0.3 is 0 Å². The molecule has 0 amide bonds. The molecule has 0 aromatic heterocycles. The van der Waals surface area contributed by atoms with Crippen LogP contribution in [0, 0.1) is 5.82 Å². The fourth-order valence-electron chi connectivity index (χ4n) is 2.33. The van der Waals surface area contributed by atoms with Gasteiger partial charge in [-0.15, -0.1) is 11.8 Å². The summed E-state index contributed by atoms with van der Waals surface area (Å²) in [5.74, 6) is 0.874. The van der Waals surface area contributed by atoms with Gasteiger partial charge in [-0.05, 0) is 30.2 Å². The van der Waals surface area contributed by atoms with E-state index in [0.29, 0.717) is 12.6 Å². The van der Waals surface area contributed by atoms with E-state index in [1.807, 2.05) is 6.07 Å². The van der Waals surface area contributed by atoms with Gasteiger partial charge in [-0.25, -0.2) is 4.39 Å². The molecule has 0 radical (unpaired) electrons. The number of halogens is 1. The molecule has 2 atom stereocenters. The largest absolute Gasteiger partial charge is 0.383 e. The second-order valence-electron chi connectivity index (χ2n) is 4.58. The van der Waals surface area contributed by atoms with Crippen LogP contribution in [0.1, 0.15) is 31.4 Å². The van der Waals surface area contributed by atoms with Crippen LogP contribution in [0.25, 0.3) is 0 Å². The van der Waals surface area contributed by atoms with Crippen LogP contribution < -0.4 is 5.32 Å². The van der Waals surface area contributed by atoms with Crippen LogP contribution in [0.2, 0.25) is 0 Å². The van der Waals surface area contributed by atoms with Gasteiger partial charge in [-0.2, -0.15) is 0 Å². The lowest BCUT2D eigenvalue weighted by atomic mass is 10.0. The first-order chi connectivity index (χ1) is 8.76. The number of benzene rings is 1. The van der Waals surface area contributed by atoms with E-state index in [4.69, 9.17) is 4.74 Å². The van der Waals surface area contributed by atoms with E-state index >= 15 is 0 Å². The van der Waals surface area contributed by atoms with Crippen LogP contribution in [-0.2, 0) is 4.74 Å². The zero-order chi connectivity index (χ0) is 13.0. The molecule has 18 heavy (non-hydrogen) atoms. The minimum absolute atomic E-state index is 0.0937. The lowest BCUT2D eigenvalue weighted by molar-refractivity contribution is 0.157. The van der Waals surface area contributed by atoms with Crippen molar-refractivity contribution < 1.29 is 9.13 Å². The molecule has 1 heterocycles. The van der Waals surface area contributed by atoms with Crippen molar-refractivity contribution in [3.8, 4) is 0 Å². The number of fused-ring (bicyclic) bond motifs is 1. The zero-order valence-electron chi connectivity index (χ0n) is 10.9. The summed E-state index contributed by atoms with van der Waals surface area (Å²) < 4.78 is 18.9. The van der Waals surface area contributed by atoms with Crippen molar-refractivity contribution in [2.24, 2.45) is 0 Å². The molecule has 1 aromatic carbocycles. The van der Waals surface area contributed by atoms with Crippen LogP contribution in [-0.4, -0.2) is 25.5 Å². The standard InChI is InChI=1S/C14H20FNOS/c1-3-10(9-17-2)16-13-7-8-18-14-11(13)5-4-6-12(14)15/h4-6,10,13,16H,3,7-9H2,1-2H3. The van der Waals surface area contributed by atoms with Crippen molar-refractivity contribution in [2.75, 3.05) is 19.5 Å². The highest BCUT2D eigenvalue weighted by atomic mass is 32.2. The molecule has 1 N–H and O–H groups in total. The molecule has 0 bridgehead atoms. The molecule has 0 spiro atoms. The number of nitrogens with one attached hydrogen (secondary N) is 1. The van der Waals surface area contributed by atoms with Gasteiger partial charge < -0.3 is 10.1 Å². The van der Waals surface area contributed by atoms with E-state index in [0.717, 1.165) is 29.1 Å². The molecule has 2 unspecified atom stereocenters. The lowest BCUT2D eigenvalue weighted by Crippen LogP contribution is -2.37. The smallest absolute Gasteiger partial charge is 0.137 e. The van der Waals surface area contributed by atoms with Crippen molar-refractivity contribution in [2.45, 2.75) is 36.7 Å². The molecule has 0 saturated carbocycles. The van der Waals surface area contributed by atoms with Crippen LogP contribution >= 0.6 is 11.8 Å². The maximum atomic E-state index is 13.7.